The first kappa shape index (κ1) is 15.0. The van der Waals surface area contributed by atoms with Crippen molar-refractivity contribution in [1.82, 2.24) is 25.3 Å². The number of fused-ring (bicyclic) bond motifs is 1. The lowest BCUT2D eigenvalue weighted by atomic mass is 10.1. The van der Waals surface area contributed by atoms with Crippen molar-refractivity contribution in [3.8, 4) is 0 Å². The van der Waals surface area contributed by atoms with Gasteiger partial charge in [0.25, 0.3) is 5.91 Å². The van der Waals surface area contributed by atoms with Crippen LogP contribution in [0.5, 0.6) is 0 Å². The number of nitrogens with one attached hydrogen (secondary N) is 1. The van der Waals surface area contributed by atoms with E-state index in [2.05, 4.69) is 27.1 Å². The Balaban J connectivity index is 1.91. The lowest BCUT2D eigenvalue weighted by molar-refractivity contribution is -0.126. The summed E-state index contributed by atoms with van der Waals surface area (Å²) in [6.07, 6.45) is 1.17. The molecule has 116 valence electrons. The van der Waals surface area contributed by atoms with E-state index in [4.69, 9.17) is 0 Å². The monoisotopic (exact) mass is 338 g/mol. The van der Waals surface area contributed by atoms with E-state index in [-0.39, 0.29) is 5.91 Å². The fraction of sp³-hybridized carbons (Fsp3) is 0.417. The number of hydrogen-bond donors (Lipinski definition) is 1. The van der Waals surface area contributed by atoms with Crippen molar-refractivity contribution in [2.45, 2.75) is 23.5 Å². The highest BCUT2D eigenvalue weighted by Crippen LogP contribution is 2.32. The molecule has 10 heteroatoms. The van der Waals surface area contributed by atoms with Crippen molar-refractivity contribution in [2.75, 3.05) is 13.6 Å². The summed E-state index contributed by atoms with van der Waals surface area (Å²) in [5, 5.41) is 11.9. The first-order valence-corrected chi connectivity index (χ1v) is 8.15. The van der Waals surface area contributed by atoms with Crippen LogP contribution < -0.4 is 5.32 Å². The van der Waals surface area contributed by atoms with Crippen molar-refractivity contribution >= 4 is 40.2 Å². The minimum Gasteiger partial charge on any atom is -0.332 e. The molecule has 0 bridgehead atoms. The second kappa shape index (κ2) is 5.69. The third kappa shape index (κ3) is 2.48. The number of urea groups is 1. The Kier molecular flexibility index (Phi) is 3.87. The summed E-state index contributed by atoms with van der Waals surface area (Å²) in [6, 6.07) is -0.983. The van der Waals surface area contributed by atoms with Crippen LogP contribution in [0.3, 0.4) is 0 Å². The predicted octanol–water partition coefficient (Wildman–Crippen LogP) is 0.673. The van der Waals surface area contributed by atoms with Crippen molar-refractivity contribution < 1.29 is 9.59 Å². The Labute approximate surface area is 135 Å². The predicted molar refractivity (Wildman–Crippen MR) is 83.7 cm³/mol. The zero-order valence-corrected chi connectivity index (χ0v) is 13.6. The average Bonchev–Trinajstić information content (AvgIpc) is 3.02. The zero-order valence-electron chi connectivity index (χ0n) is 12.0. The van der Waals surface area contributed by atoms with Crippen LogP contribution in [-0.4, -0.2) is 62.9 Å². The van der Waals surface area contributed by atoms with Crippen LogP contribution >= 0.6 is 23.1 Å². The SMILES string of the molecule is C=CCN1C(Sc2nnc(C)s2)=NC2C1C(=O)NC(=O)N2C. The molecule has 1 aromatic rings. The average molecular weight is 338 g/mol. The number of aryl methyl sites for hydroxylation is 1. The molecule has 0 saturated carbocycles. The molecule has 2 aliphatic heterocycles. The maximum Gasteiger partial charge on any atom is 0.325 e. The highest BCUT2D eigenvalue weighted by atomic mass is 32.2. The van der Waals surface area contributed by atoms with Gasteiger partial charge in [-0.2, -0.15) is 0 Å². The van der Waals surface area contributed by atoms with Gasteiger partial charge in [0.15, 0.2) is 21.7 Å². The van der Waals surface area contributed by atoms with Gasteiger partial charge in [-0.1, -0.05) is 17.4 Å². The van der Waals surface area contributed by atoms with Gasteiger partial charge in [-0.15, -0.1) is 16.8 Å². The van der Waals surface area contributed by atoms with E-state index in [0.717, 1.165) is 9.35 Å². The molecule has 3 rings (SSSR count). The number of nitrogens with zero attached hydrogens (tertiary/aromatic N) is 5. The maximum absolute atomic E-state index is 12.2. The molecule has 2 atom stereocenters. The third-order valence-electron chi connectivity index (χ3n) is 3.33. The number of hydrogen-bond acceptors (Lipinski definition) is 8. The van der Waals surface area contributed by atoms with Crippen molar-refractivity contribution in [1.29, 1.82) is 0 Å². The summed E-state index contributed by atoms with van der Waals surface area (Å²) in [5.74, 6) is -0.345. The molecule has 0 spiro atoms. The van der Waals surface area contributed by atoms with Gasteiger partial charge in [-0.3, -0.25) is 10.1 Å². The summed E-state index contributed by atoms with van der Waals surface area (Å²) in [4.78, 5) is 31.7. The fourth-order valence-electron chi connectivity index (χ4n) is 2.31. The van der Waals surface area contributed by atoms with E-state index in [1.54, 1.807) is 13.1 Å². The topological polar surface area (TPSA) is 90.8 Å². The molecule has 3 heterocycles. The number of imide groups is 1. The third-order valence-corrected chi connectivity index (χ3v) is 5.25. The number of thioether (sulfide) groups is 1. The van der Waals surface area contributed by atoms with Crippen LogP contribution in [0.1, 0.15) is 5.01 Å². The molecule has 0 radical (unpaired) electrons. The number of amidine groups is 1. The first-order valence-electron chi connectivity index (χ1n) is 6.52. The molecule has 2 unspecified atom stereocenters. The van der Waals surface area contributed by atoms with E-state index in [0.29, 0.717) is 11.7 Å². The van der Waals surface area contributed by atoms with E-state index in [9.17, 15) is 9.59 Å². The number of likely N-dealkylation sites (N-methyl/N-ethyl adjacent to an activating group) is 1. The van der Waals surface area contributed by atoms with Gasteiger partial charge in [-0.25, -0.2) is 9.79 Å². The molecular weight excluding hydrogens is 324 g/mol. The van der Waals surface area contributed by atoms with Gasteiger partial charge in [0.05, 0.1) is 0 Å². The van der Waals surface area contributed by atoms with Crippen LogP contribution in [0.25, 0.3) is 0 Å². The fourth-order valence-corrected chi connectivity index (χ4v) is 4.19. The van der Waals surface area contributed by atoms with Gasteiger partial charge in [0.1, 0.15) is 5.01 Å². The van der Waals surface area contributed by atoms with Gasteiger partial charge in [0, 0.05) is 13.6 Å². The molecule has 1 N–H and O–H groups in total. The van der Waals surface area contributed by atoms with Crippen LogP contribution in [0.4, 0.5) is 4.79 Å². The molecule has 2 aliphatic rings. The normalized spacial score (nSPS) is 24.2. The lowest BCUT2D eigenvalue weighted by Crippen LogP contribution is -2.63. The Morgan fingerprint density at radius 2 is 2.23 bits per heavy atom. The van der Waals surface area contributed by atoms with Crippen molar-refractivity contribution in [3.63, 3.8) is 0 Å². The second-order valence-electron chi connectivity index (χ2n) is 4.81. The molecule has 1 fully saturated rings. The number of carbonyl (C=O) groups excluding carboxylic acids is 2. The smallest absolute Gasteiger partial charge is 0.325 e. The van der Waals surface area contributed by atoms with Crippen LogP contribution in [-0.2, 0) is 4.79 Å². The molecule has 8 nitrogen and oxygen atoms in total. The van der Waals surface area contributed by atoms with E-state index in [1.165, 1.54) is 28.0 Å². The largest absolute Gasteiger partial charge is 0.332 e. The highest BCUT2D eigenvalue weighted by molar-refractivity contribution is 8.15. The Morgan fingerprint density at radius 1 is 1.45 bits per heavy atom. The standard InChI is InChI=1S/C12H14N6O2S2/c1-4-5-18-7-8(17(3)10(20)14-9(7)19)13-11(18)22-12-16-15-6(2)21-12/h4,7-8H,1,5H2,2-3H3,(H,14,19,20). The zero-order chi connectivity index (χ0) is 15.9. The van der Waals surface area contributed by atoms with E-state index >= 15 is 0 Å². The van der Waals surface area contributed by atoms with Gasteiger partial charge in [0.2, 0.25) is 0 Å². The van der Waals surface area contributed by atoms with E-state index < -0.39 is 18.2 Å². The van der Waals surface area contributed by atoms with Gasteiger partial charge >= 0.3 is 6.03 Å². The summed E-state index contributed by atoms with van der Waals surface area (Å²) >= 11 is 2.80. The second-order valence-corrected chi connectivity index (χ2v) is 7.20. The summed E-state index contributed by atoms with van der Waals surface area (Å²) in [6.45, 7) is 6.06. The number of carbonyl (C=O) groups is 2. The Hall–Kier alpha value is -1.94. The molecule has 0 aromatic carbocycles. The van der Waals surface area contributed by atoms with E-state index in [1.807, 2.05) is 11.8 Å². The minimum atomic E-state index is -0.544. The molecule has 0 aliphatic carbocycles. The maximum atomic E-state index is 12.2. The van der Waals surface area contributed by atoms with Gasteiger partial charge in [-0.05, 0) is 18.7 Å². The molecule has 1 saturated heterocycles. The summed E-state index contributed by atoms with van der Waals surface area (Å²) in [7, 11) is 1.62. The number of aromatic nitrogens is 2. The lowest BCUT2D eigenvalue weighted by Gasteiger charge is -2.35. The molecule has 1 aromatic heterocycles. The number of rotatable bonds is 3. The quantitative estimate of drug-likeness (QED) is 0.815. The van der Waals surface area contributed by atoms with Crippen molar-refractivity contribution in [2.24, 2.45) is 4.99 Å². The number of amides is 3. The van der Waals surface area contributed by atoms with Crippen molar-refractivity contribution in [3.05, 3.63) is 17.7 Å². The summed E-state index contributed by atoms with van der Waals surface area (Å²) < 4.78 is 0.748. The highest BCUT2D eigenvalue weighted by Gasteiger charge is 2.48. The Morgan fingerprint density at radius 3 is 2.86 bits per heavy atom. The van der Waals surface area contributed by atoms with Gasteiger partial charge < -0.3 is 9.80 Å². The van der Waals surface area contributed by atoms with Crippen LogP contribution in [0.2, 0.25) is 0 Å². The minimum absolute atomic E-state index is 0.345. The summed E-state index contributed by atoms with van der Waals surface area (Å²) in [5.41, 5.74) is 0. The molecular formula is C12H14N6O2S2. The van der Waals surface area contributed by atoms with Crippen LogP contribution in [0.15, 0.2) is 22.0 Å². The molecule has 22 heavy (non-hydrogen) atoms. The van der Waals surface area contributed by atoms with Crippen LogP contribution in [0, 0.1) is 6.92 Å². The Bertz CT molecular complexity index is 672. The first-order chi connectivity index (χ1) is 10.5. The molecule has 3 amide bonds. The number of aliphatic imine (C=N–C) groups is 1.